The number of hydrogen-bond acceptors (Lipinski definition) is 4. The Morgan fingerprint density at radius 3 is 2.50 bits per heavy atom. The van der Waals surface area contributed by atoms with Gasteiger partial charge in [0.1, 0.15) is 5.38 Å². The van der Waals surface area contributed by atoms with Crippen LogP contribution in [-0.2, 0) is 14.8 Å². The first-order chi connectivity index (χ1) is 6.25. The first kappa shape index (κ1) is 11.3. The second-order valence-corrected chi connectivity index (χ2v) is 6.39. The standard InChI is InChI=1S/C7H9ClN2O3S/c1-7(2)6(11)10(14(7,12)13)4-5(8)3-9/h5H,4H2,1-2H3. The summed E-state index contributed by atoms with van der Waals surface area (Å²) in [6.45, 7) is 2.39. The lowest BCUT2D eigenvalue weighted by molar-refractivity contribution is -0.132. The van der Waals surface area contributed by atoms with E-state index in [4.69, 9.17) is 16.9 Å². The Hall–Kier alpha value is -0.800. The van der Waals surface area contributed by atoms with Crippen LogP contribution in [0.4, 0.5) is 0 Å². The number of sulfonamides is 1. The van der Waals surface area contributed by atoms with Gasteiger partial charge in [0.25, 0.3) is 15.9 Å². The van der Waals surface area contributed by atoms with Crippen LogP contribution in [0.15, 0.2) is 0 Å². The lowest BCUT2D eigenvalue weighted by Crippen LogP contribution is -2.68. The van der Waals surface area contributed by atoms with Gasteiger partial charge in [-0.05, 0) is 13.8 Å². The number of hydrogen-bond donors (Lipinski definition) is 0. The van der Waals surface area contributed by atoms with E-state index < -0.39 is 26.1 Å². The van der Waals surface area contributed by atoms with Crippen LogP contribution >= 0.6 is 11.6 Å². The Morgan fingerprint density at radius 1 is 1.64 bits per heavy atom. The highest BCUT2D eigenvalue weighted by molar-refractivity contribution is 7.94. The van der Waals surface area contributed by atoms with Gasteiger partial charge in [-0.25, -0.2) is 12.7 Å². The van der Waals surface area contributed by atoms with Crippen molar-refractivity contribution in [3.8, 4) is 6.07 Å². The van der Waals surface area contributed by atoms with Gasteiger partial charge in [0.15, 0.2) is 4.75 Å². The van der Waals surface area contributed by atoms with E-state index in [2.05, 4.69) is 0 Å². The fourth-order valence-electron chi connectivity index (χ4n) is 1.12. The number of amides is 1. The second-order valence-electron chi connectivity index (χ2n) is 3.45. The lowest BCUT2D eigenvalue weighted by atomic mass is 10.2. The minimum absolute atomic E-state index is 0.275. The molecule has 1 heterocycles. The molecule has 0 aromatic rings. The van der Waals surface area contributed by atoms with Gasteiger partial charge in [-0.15, -0.1) is 11.6 Å². The molecule has 14 heavy (non-hydrogen) atoms. The molecular formula is C7H9ClN2O3S. The summed E-state index contributed by atoms with van der Waals surface area (Å²) < 4.78 is 22.2. The van der Waals surface area contributed by atoms with Crippen LogP contribution in [0.25, 0.3) is 0 Å². The average Bonchev–Trinajstić information content (AvgIpc) is 2.12. The van der Waals surface area contributed by atoms with Crippen molar-refractivity contribution in [3.05, 3.63) is 0 Å². The van der Waals surface area contributed by atoms with Crippen molar-refractivity contribution in [1.29, 1.82) is 5.26 Å². The summed E-state index contributed by atoms with van der Waals surface area (Å²) in [5.74, 6) is -0.515. The van der Waals surface area contributed by atoms with Gasteiger partial charge in [-0.2, -0.15) is 5.26 Å². The van der Waals surface area contributed by atoms with Crippen LogP contribution in [0.1, 0.15) is 13.8 Å². The zero-order valence-corrected chi connectivity index (χ0v) is 9.26. The fraction of sp³-hybridized carbons (Fsp3) is 0.714. The van der Waals surface area contributed by atoms with Crippen molar-refractivity contribution < 1.29 is 13.2 Å². The SMILES string of the molecule is CC1(C)C(=O)N(CC(Cl)C#N)S1(=O)=O. The molecule has 1 rings (SSSR count). The minimum atomic E-state index is -3.61. The van der Waals surface area contributed by atoms with E-state index in [0.29, 0.717) is 4.31 Å². The van der Waals surface area contributed by atoms with Crippen LogP contribution < -0.4 is 0 Å². The Labute approximate surface area is 87.3 Å². The minimum Gasteiger partial charge on any atom is -0.272 e. The number of carbonyl (C=O) groups is 1. The highest BCUT2D eigenvalue weighted by Crippen LogP contribution is 2.34. The molecule has 1 aliphatic rings. The zero-order valence-electron chi connectivity index (χ0n) is 7.69. The van der Waals surface area contributed by atoms with Crippen molar-refractivity contribution >= 4 is 27.5 Å². The van der Waals surface area contributed by atoms with Gasteiger partial charge in [-0.1, -0.05) is 0 Å². The first-order valence-electron chi connectivity index (χ1n) is 3.85. The monoisotopic (exact) mass is 236 g/mol. The van der Waals surface area contributed by atoms with Gasteiger partial charge in [0, 0.05) is 0 Å². The molecule has 0 bridgehead atoms. The highest BCUT2D eigenvalue weighted by Gasteiger charge is 2.60. The third-order valence-electron chi connectivity index (χ3n) is 2.14. The summed E-state index contributed by atoms with van der Waals surface area (Å²) in [5.41, 5.74) is 0. The number of nitriles is 1. The molecule has 5 nitrogen and oxygen atoms in total. The summed E-state index contributed by atoms with van der Waals surface area (Å²) in [6, 6.07) is 1.66. The molecule has 0 N–H and O–H groups in total. The first-order valence-corrected chi connectivity index (χ1v) is 5.73. The van der Waals surface area contributed by atoms with Crippen LogP contribution in [0.2, 0.25) is 0 Å². The fourth-order valence-corrected chi connectivity index (χ4v) is 2.89. The Morgan fingerprint density at radius 2 is 2.14 bits per heavy atom. The van der Waals surface area contributed by atoms with E-state index >= 15 is 0 Å². The average molecular weight is 237 g/mol. The van der Waals surface area contributed by atoms with Gasteiger partial charge in [0.05, 0.1) is 12.6 Å². The molecular weight excluding hydrogens is 228 g/mol. The van der Waals surface area contributed by atoms with Crippen molar-refractivity contribution in [3.63, 3.8) is 0 Å². The smallest absolute Gasteiger partial charge is 0.258 e. The maximum atomic E-state index is 11.5. The van der Waals surface area contributed by atoms with Crippen molar-refractivity contribution in [1.82, 2.24) is 4.31 Å². The van der Waals surface area contributed by atoms with Crippen molar-refractivity contribution in [2.45, 2.75) is 24.0 Å². The molecule has 0 aromatic carbocycles. The molecule has 1 aliphatic heterocycles. The maximum Gasteiger partial charge on any atom is 0.258 e. The Kier molecular flexibility index (Phi) is 2.50. The zero-order chi connectivity index (χ0) is 11.1. The number of carbonyl (C=O) groups excluding carboxylic acids is 1. The van der Waals surface area contributed by atoms with Crippen molar-refractivity contribution in [2.24, 2.45) is 0 Å². The van der Waals surface area contributed by atoms with E-state index in [-0.39, 0.29) is 6.54 Å². The molecule has 1 amide bonds. The van der Waals surface area contributed by atoms with Crippen molar-refractivity contribution in [2.75, 3.05) is 6.54 Å². The van der Waals surface area contributed by atoms with E-state index in [1.165, 1.54) is 13.8 Å². The Balaban J connectivity index is 2.89. The van der Waals surface area contributed by atoms with Crippen LogP contribution in [-0.4, -0.2) is 35.3 Å². The molecule has 0 saturated carbocycles. The molecule has 1 unspecified atom stereocenters. The van der Waals surface area contributed by atoms with Crippen LogP contribution in [0.5, 0.6) is 0 Å². The predicted octanol–water partition coefficient (Wildman–Crippen LogP) is 0.0680. The third kappa shape index (κ3) is 1.28. The maximum absolute atomic E-state index is 11.5. The predicted molar refractivity (Wildman–Crippen MR) is 50.0 cm³/mol. The summed E-state index contributed by atoms with van der Waals surface area (Å²) in [7, 11) is -3.61. The molecule has 78 valence electrons. The summed E-state index contributed by atoms with van der Waals surface area (Å²) in [5, 5.41) is 7.38. The topological polar surface area (TPSA) is 78.2 Å². The Bertz CT molecular complexity index is 409. The largest absolute Gasteiger partial charge is 0.272 e. The highest BCUT2D eigenvalue weighted by atomic mass is 35.5. The number of nitrogens with zero attached hydrogens (tertiary/aromatic N) is 2. The van der Waals surface area contributed by atoms with Gasteiger partial charge in [0.2, 0.25) is 0 Å². The van der Waals surface area contributed by atoms with E-state index in [0.717, 1.165) is 0 Å². The number of alkyl halides is 1. The lowest BCUT2D eigenvalue weighted by Gasteiger charge is -2.43. The van der Waals surface area contributed by atoms with Gasteiger partial charge in [-0.3, -0.25) is 4.79 Å². The van der Waals surface area contributed by atoms with Gasteiger partial charge < -0.3 is 0 Å². The molecule has 1 fully saturated rings. The van der Waals surface area contributed by atoms with Crippen LogP contribution in [0.3, 0.4) is 0 Å². The number of rotatable bonds is 2. The van der Waals surface area contributed by atoms with E-state index in [1.807, 2.05) is 0 Å². The van der Waals surface area contributed by atoms with E-state index in [1.54, 1.807) is 6.07 Å². The molecule has 0 aliphatic carbocycles. The normalized spacial score (nSPS) is 25.0. The molecule has 0 spiro atoms. The van der Waals surface area contributed by atoms with Gasteiger partial charge >= 0.3 is 0 Å². The van der Waals surface area contributed by atoms with Crippen LogP contribution in [0, 0.1) is 11.3 Å². The molecule has 0 aromatic heterocycles. The summed E-state index contributed by atoms with van der Waals surface area (Å²) in [4.78, 5) is 11.3. The number of halogens is 1. The second kappa shape index (κ2) is 3.11. The molecule has 1 atom stereocenters. The molecule has 7 heteroatoms. The summed E-state index contributed by atoms with van der Waals surface area (Å²) >= 11 is 5.44. The molecule has 1 saturated heterocycles. The summed E-state index contributed by atoms with van der Waals surface area (Å²) in [6.07, 6.45) is 0. The molecule has 0 radical (unpaired) electrons. The third-order valence-corrected chi connectivity index (χ3v) is 4.74. The van der Waals surface area contributed by atoms with E-state index in [9.17, 15) is 13.2 Å². The quantitative estimate of drug-likeness (QED) is 0.636.